The summed E-state index contributed by atoms with van der Waals surface area (Å²) in [6, 6.07) is 5.96. The third-order valence-corrected chi connectivity index (χ3v) is 6.08. The van der Waals surface area contributed by atoms with Gasteiger partial charge in [0.2, 0.25) is 11.8 Å². The number of rotatable bonds is 6. The molecular formula is C19H24N2O5S. The van der Waals surface area contributed by atoms with Crippen LogP contribution in [0.5, 0.6) is 5.75 Å². The van der Waals surface area contributed by atoms with Gasteiger partial charge in [0.1, 0.15) is 11.3 Å². The van der Waals surface area contributed by atoms with E-state index in [0.717, 1.165) is 10.5 Å². The van der Waals surface area contributed by atoms with Gasteiger partial charge in [0.25, 0.3) is 0 Å². The molecule has 7 nitrogen and oxygen atoms in total. The number of nitrogens with one attached hydrogen (secondary N) is 1. The van der Waals surface area contributed by atoms with Crippen molar-refractivity contribution in [2.24, 2.45) is 11.8 Å². The summed E-state index contributed by atoms with van der Waals surface area (Å²) >= 11 is 1.57. The maximum absolute atomic E-state index is 13.0. The second-order valence-electron chi connectivity index (χ2n) is 6.89. The number of amides is 2. The maximum atomic E-state index is 13.0. The molecule has 2 aliphatic rings. The molecule has 0 saturated carbocycles. The molecule has 0 unspecified atom stereocenters. The Morgan fingerprint density at radius 3 is 2.56 bits per heavy atom. The third-order valence-electron chi connectivity index (χ3n) is 5.47. The van der Waals surface area contributed by atoms with Crippen molar-refractivity contribution >= 4 is 29.5 Å². The van der Waals surface area contributed by atoms with Crippen LogP contribution in [0.4, 0.5) is 0 Å². The van der Waals surface area contributed by atoms with Gasteiger partial charge in [0.05, 0.1) is 18.4 Å². The first-order chi connectivity index (χ1) is 12.9. The Morgan fingerprint density at radius 2 is 1.96 bits per heavy atom. The number of fused-ring (bicyclic) bond motifs is 1. The second kappa shape index (κ2) is 7.52. The van der Waals surface area contributed by atoms with Gasteiger partial charge >= 0.3 is 5.97 Å². The van der Waals surface area contributed by atoms with Crippen molar-refractivity contribution < 1.29 is 24.2 Å². The maximum Gasteiger partial charge on any atom is 0.327 e. The van der Waals surface area contributed by atoms with Gasteiger partial charge in [-0.25, -0.2) is 0 Å². The minimum atomic E-state index is -1.25. The highest BCUT2D eigenvalue weighted by Gasteiger charge is 2.67. The number of imide groups is 1. The largest absolute Gasteiger partial charge is 0.508 e. The standard InChI is InChI=1S/C19H24N2O5S/c1-4-26-18(25)19(9-10-27-3)14-13(16(23)21(2)17(14)24)15(20-19)11-5-7-12(22)8-6-11/h5-8,13-15,20,22H,4,9-10H2,1-3H3/t13-,14-,15-,19-/m0/s1. The molecule has 0 bridgehead atoms. The first-order valence-electron chi connectivity index (χ1n) is 8.91. The number of carbonyl (C=O) groups excluding carboxylic acids is 3. The lowest BCUT2D eigenvalue weighted by Crippen LogP contribution is -2.56. The molecule has 4 atom stereocenters. The first kappa shape index (κ1) is 19.7. The van der Waals surface area contributed by atoms with E-state index in [1.165, 1.54) is 19.2 Å². The number of esters is 1. The molecule has 1 aromatic rings. The molecule has 2 N–H and O–H groups in total. The number of phenolic OH excluding ortho intramolecular Hbond substituents is 1. The number of benzene rings is 1. The van der Waals surface area contributed by atoms with Crippen molar-refractivity contribution in [2.45, 2.75) is 24.9 Å². The zero-order valence-corrected chi connectivity index (χ0v) is 16.4. The van der Waals surface area contributed by atoms with Crippen LogP contribution in [0, 0.1) is 11.8 Å². The van der Waals surface area contributed by atoms with Crippen LogP contribution in [0.1, 0.15) is 24.9 Å². The fraction of sp³-hybridized carbons (Fsp3) is 0.526. The predicted molar refractivity (Wildman–Crippen MR) is 101 cm³/mol. The first-order valence-corrected chi connectivity index (χ1v) is 10.3. The number of aromatic hydroxyl groups is 1. The molecule has 2 amide bonds. The van der Waals surface area contributed by atoms with E-state index in [4.69, 9.17) is 4.74 Å². The van der Waals surface area contributed by atoms with Crippen LogP contribution in [-0.2, 0) is 19.1 Å². The van der Waals surface area contributed by atoms with Crippen LogP contribution >= 0.6 is 11.8 Å². The molecule has 2 heterocycles. The SMILES string of the molecule is CCOC(=O)[C@@]1(CCSC)N[C@@H](c2ccc(O)cc2)[C@H]2C(=O)N(C)C(=O)[C@H]21. The van der Waals surface area contributed by atoms with Crippen LogP contribution in [-0.4, -0.2) is 59.0 Å². The summed E-state index contributed by atoms with van der Waals surface area (Å²) in [5.41, 5.74) is -0.501. The fourth-order valence-corrected chi connectivity index (χ4v) is 4.68. The van der Waals surface area contributed by atoms with E-state index in [2.05, 4.69) is 5.32 Å². The lowest BCUT2D eigenvalue weighted by Gasteiger charge is -2.32. The molecule has 27 heavy (non-hydrogen) atoms. The number of thioether (sulfide) groups is 1. The Kier molecular flexibility index (Phi) is 5.48. The van der Waals surface area contributed by atoms with Gasteiger partial charge in [-0.05, 0) is 43.0 Å². The highest BCUT2D eigenvalue weighted by molar-refractivity contribution is 7.98. The van der Waals surface area contributed by atoms with Gasteiger partial charge < -0.3 is 9.84 Å². The van der Waals surface area contributed by atoms with E-state index < -0.39 is 29.4 Å². The van der Waals surface area contributed by atoms with E-state index in [1.54, 1.807) is 30.8 Å². The lowest BCUT2D eigenvalue weighted by atomic mass is 9.78. The van der Waals surface area contributed by atoms with E-state index in [-0.39, 0.29) is 24.2 Å². The Morgan fingerprint density at radius 1 is 1.30 bits per heavy atom. The topological polar surface area (TPSA) is 95.9 Å². The number of nitrogens with zero attached hydrogens (tertiary/aromatic N) is 1. The Balaban J connectivity index is 2.10. The van der Waals surface area contributed by atoms with Gasteiger partial charge in [-0.2, -0.15) is 11.8 Å². The zero-order valence-electron chi connectivity index (χ0n) is 15.6. The van der Waals surface area contributed by atoms with Crippen LogP contribution in [0.15, 0.2) is 24.3 Å². The Bertz CT molecular complexity index is 753. The summed E-state index contributed by atoms with van der Waals surface area (Å²) in [7, 11) is 1.46. The Hall–Kier alpha value is -2.06. The molecule has 1 aromatic carbocycles. The summed E-state index contributed by atoms with van der Waals surface area (Å²) in [5.74, 6) is -1.88. The number of hydrogen-bond acceptors (Lipinski definition) is 7. The van der Waals surface area contributed by atoms with E-state index in [9.17, 15) is 19.5 Å². The summed E-state index contributed by atoms with van der Waals surface area (Å²) < 4.78 is 5.32. The summed E-state index contributed by atoms with van der Waals surface area (Å²) in [4.78, 5) is 39.9. The number of likely N-dealkylation sites (tertiary alicyclic amines) is 1. The number of carbonyl (C=O) groups is 3. The van der Waals surface area contributed by atoms with Crippen molar-refractivity contribution in [1.29, 1.82) is 0 Å². The molecule has 0 spiro atoms. The molecule has 2 fully saturated rings. The highest BCUT2D eigenvalue weighted by Crippen LogP contribution is 2.50. The zero-order chi connectivity index (χ0) is 19.8. The molecule has 3 rings (SSSR count). The van der Waals surface area contributed by atoms with Crippen molar-refractivity contribution in [3.8, 4) is 5.75 Å². The quantitative estimate of drug-likeness (QED) is 0.557. The Labute approximate surface area is 162 Å². The number of hydrogen-bond donors (Lipinski definition) is 2. The van der Waals surface area contributed by atoms with Crippen molar-refractivity contribution in [3.63, 3.8) is 0 Å². The summed E-state index contributed by atoms with van der Waals surface area (Å²) in [6.45, 7) is 1.92. The van der Waals surface area contributed by atoms with Crippen molar-refractivity contribution in [1.82, 2.24) is 10.2 Å². The highest BCUT2D eigenvalue weighted by atomic mass is 32.2. The molecule has 2 aliphatic heterocycles. The number of phenols is 1. The lowest BCUT2D eigenvalue weighted by molar-refractivity contribution is -0.156. The monoisotopic (exact) mass is 392 g/mol. The second-order valence-corrected chi connectivity index (χ2v) is 7.87. The van der Waals surface area contributed by atoms with E-state index in [1.807, 2.05) is 6.26 Å². The van der Waals surface area contributed by atoms with Crippen molar-refractivity contribution in [2.75, 3.05) is 25.7 Å². The van der Waals surface area contributed by atoms with Gasteiger partial charge in [-0.15, -0.1) is 0 Å². The summed E-state index contributed by atoms with van der Waals surface area (Å²) in [6.07, 6.45) is 2.31. The minimum Gasteiger partial charge on any atom is -0.508 e. The van der Waals surface area contributed by atoms with Crippen LogP contribution in [0.3, 0.4) is 0 Å². The summed E-state index contributed by atoms with van der Waals surface area (Å²) in [5, 5.41) is 12.9. The smallest absolute Gasteiger partial charge is 0.327 e. The number of ether oxygens (including phenoxy) is 1. The molecular weight excluding hydrogens is 368 g/mol. The van der Waals surface area contributed by atoms with Crippen LogP contribution in [0.2, 0.25) is 0 Å². The van der Waals surface area contributed by atoms with Crippen LogP contribution in [0.25, 0.3) is 0 Å². The van der Waals surface area contributed by atoms with Gasteiger partial charge in [0.15, 0.2) is 0 Å². The average molecular weight is 392 g/mol. The average Bonchev–Trinajstić information content (AvgIpc) is 3.11. The molecule has 8 heteroatoms. The predicted octanol–water partition coefficient (Wildman–Crippen LogP) is 1.32. The normalized spacial score (nSPS) is 29.9. The van der Waals surface area contributed by atoms with E-state index >= 15 is 0 Å². The molecule has 0 aliphatic carbocycles. The van der Waals surface area contributed by atoms with Crippen LogP contribution < -0.4 is 5.32 Å². The minimum absolute atomic E-state index is 0.110. The fourth-order valence-electron chi connectivity index (χ4n) is 4.16. The molecule has 146 valence electrons. The van der Waals surface area contributed by atoms with Gasteiger partial charge in [-0.1, -0.05) is 12.1 Å². The van der Waals surface area contributed by atoms with E-state index in [0.29, 0.717) is 12.2 Å². The third kappa shape index (κ3) is 3.10. The van der Waals surface area contributed by atoms with Crippen molar-refractivity contribution in [3.05, 3.63) is 29.8 Å². The van der Waals surface area contributed by atoms with Gasteiger partial charge in [0, 0.05) is 13.1 Å². The molecule has 0 radical (unpaired) electrons. The van der Waals surface area contributed by atoms with Gasteiger partial charge in [-0.3, -0.25) is 24.6 Å². The molecule has 0 aromatic heterocycles. The molecule has 2 saturated heterocycles.